The lowest BCUT2D eigenvalue weighted by Gasteiger charge is -2.23. The number of amides is 1. The fourth-order valence-electron chi connectivity index (χ4n) is 4.55. The average Bonchev–Trinajstić information content (AvgIpc) is 3.52. The maximum absolute atomic E-state index is 13.6. The highest BCUT2D eigenvalue weighted by molar-refractivity contribution is 7.89. The van der Waals surface area contributed by atoms with Crippen molar-refractivity contribution in [1.82, 2.24) is 24.6 Å². The van der Waals surface area contributed by atoms with Gasteiger partial charge in [0.2, 0.25) is 15.8 Å². The molecule has 1 saturated heterocycles. The first-order valence-corrected chi connectivity index (χ1v) is 13.3. The van der Waals surface area contributed by atoms with Crippen molar-refractivity contribution in [3.8, 4) is 5.69 Å². The monoisotopic (exact) mass is 502 g/mol. The molecule has 0 aliphatic carbocycles. The summed E-state index contributed by atoms with van der Waals surface area (Å²) in [5, 5.41) is 9.82. The molecule has 36 heavy (non-hydrogen) atoms. The molecule has 1 unspecified atom stereocenters. The van der Waals surface area contributed by atoms with Crippen LogP contribution in [0.15, 0.2) is 84.0 Å². The van der Waals surface area contributed by atoms with Crippen molar-refractivity contribution in [2.75, 3.05) is 6.54 Å². The molecule has 184 valence electrons. The highest BCUT2D eigenvalue weighted by Gasteiger charge is 2.32. The van der Waals surface area contributed by atoms with Gasteiger partial charge < -0.3 is 4.90 Å². The Morgan fingerprint density at radius 2 is 1.75 bits per heavy atom. The van der Waals surface area contributed by atoms with Gasteiger partial charge in [-0.2, -0.15) is 0 Å². The Morgan fingerprint density at radius 1 is 1.00 bits per heavy atom. The normalized spacial score (nSPS) is 15.8. The van der Waals surface area contributed by atoms with Gasteiger partial charge in [-0.05, 0) is 60.7 Å². The molecule has 1 aliphatic rings. The quantitative estimate of drug-likeness (QED) is 0.414. The fraction of sp³-hybridized carbons (Fsp3) is 0.231. The number of carbonyl (C=O) groups excluding carboxylic acids is 1. The van der Waals surface area contributed by atoms with Crippen LogP contribution in [0, 0.1) is 0 Å². The number of nitrogens with two attached hydrogens (primary N) is 1. The number of hydrogen-bond acceptors (Lipinski definition) is 6. The van der Waals surface area contributed by atoms with E-state index >= 15 is 0 Å². The summed E-state index contributed by atoms with van der Waals surface area (Å²) in [6.07, 6.45) is 6.58. The summed E-state index contributed by atoms with van der Waals surface area (Å²) < 4.78 is 25.0. The molecular weight excluding hydrogens is 476 g/mol. The van der Waals surface area contributed by atoms with Crippen molar-refractivity contribution in [3.05, 3.63) is 102 Å². The number of nitrogens with zero attached hydrogens (tertiary/aromatic N) is 5. The third-order valence-electron chi connectivity index (χ3n) is 6.31. The molecule has 1 fully saturated rings. The van der Waals surface area contributed by atoms with E-state index in [9.17, 15) is 13.2 Å². The van der Waals surface area contributed by atoms with Crippen molar-refractivity contribution in [3.63, 3.8) is 0 Å². The highest BCUT2D eigenvalue weighted by atomic mass is 32.2. The first kappa shape index (κ1) is 23.8. The third kappa shape index (κ3) is 5.19. The lowest BCUT2D eigenvalue weighted by atomic mass is 10.1. The zero-order chi connectivity index (χ0) is 25.1. The van der Waals surface area contributed by atoms with E-state index in [2.05, 4.69) is 15.1 Å². The van der Waals surface area contributed by atoms with Gasteiger partial charge in [-0.3, -0.25) is 9.78 Å². The zero-order valence-corrected chi connectivity index (χ0v) is 20.4. The minimum absolute atomic E-state index is 0.00239. The molecule has 2 N–H and O–H groups in total. The van der Waals surface area contributed by atoms with Gasteiger partial charge in [0, 0.05) is 31.4 Å². The van der Waals surface area contributed by atoms with Crippen molar-refractivity contribution >= 4 is 15.9 Å². The van der Waals surface area contributed by atoms with Gasteiger partial charge in [0.25, 0.3) is 5.91 Å². The van der Waals surface area contributed by atoms with Gasteiger partial charge in [0.1, 0.15) is 5.82 Å². The average molecular weight is 503 g/mol. The Balaban J connectivity index is 1.47. The van der Waals surface area contributed by atoms with E-state index in [4.69, 9.17) is 5.14 Å². The van der Waals surface area contributed by atoms with Gasteiger partial charge in [-0.1, -0.05) is 36.4 Å². The summed E-state index contributed by atoms with van der Waals surface area (Å²) in [6.45, 7) is 0.648. The minimum Gasteiger partial charge on any atom is -0.333 e. The van der Waals surface area contributed by atoms with Crippen LogP contribution in [0.4, 0.5) is 0 Å². The molecule has 4 aromatic rings. The summed E-state index contributed by atoms with van der Waals surface area (Å²) in [6, 6.07) is 19.8. The van der Waals surface area contributed by atoms with Crippen LogP contribution in [0.3, 0.4) is 0 Å². The number of benzene rings is 2. The second-order valence-corrected chi connectivity index (χ2v) is 10.4. The first-order chi connectivity index (χ1) is 17.4. The van der Waals surface area contributed by atoms with E-state index in [0.717, 1.165) is 30.4 Å². The Bertz CT molecular complexity index is 1450. The van der Waals surface area contributed by atoms with Crippen LogP contribution in [-0.2, 0) is 22.9 Å². The molecule has 9 nitrogen and oxygen atoms in total. The number of carbonyl (C=O) groups is 1. The molecule has 1 atom stereocenters. The molecular formula is C26H26N6O3S. The van der Waals surface area contributed by atoms with Crippen LogP contribution in [-0.4, -0.2) is 51.6 Å². The SMILES string of the molecule is NS(=O)(=O)c1ccc(-n2nc(C(=O)N3CCCC3Cc3cccnc3)nc2Cc2ccccc2)cc1. The molecule has 0 bridgehead atoms. The summed E-state index contributed by atoms with van der Waals surface area (Å²) in [7, 11) is -3.82. The van der Waals surface area contributed by atoms with Gasteiger partial charge in [0.15, 0.2) is 0 Å². The van der Waals surface area contributed by atoms with Crippen molar-refractivity contribution < 1.29 is 13.2 Å². The molecule has 1 amide bonds. The van der Waals surface area contributed by atoms with E-state index in [1.807, 2.05) is 53.6 Å². The van der Waals surface area contributed by atoms with Gasteiger partial charge >= 0.3 is 0 Å². The molecule has 5 rings (SSSR count). The number of primary sulfonamides is 1. The number of hydrogen-bond donors (Lipinski definition) is 1. The number of rotatable bonds is 7. The van der Waals surface area contributed by atoms with E-state index < -0.39 is 10.0 Å². The van der Waals surface area contributed by atoms with Crippen molar-refractivity contribution in [2.45, 2.75) is 36.6 Å². The molecule has 2 aromatic carbocycles. The number of pyridine rings is 1. The van der Waals surface area contributed by atoms with Crippen molar-refractivity contribution in [2.24, 2.45) is 5.14 Å². The lowest BCUT2D eigenvalue weighted by molar-refractivity contribution is 0.0724. The summed E-state index contributed by atoms with van der Waals surface area (Å²) in [5.74, 6) is 0.487. The fourth-order valence-corrected chi connectivity index (χ4v) is 5.06. The van der Waals surface area contributed by atoms with Crippen LogP contribution >= 0.6 is 0 Å². The zero-order valence-electron chi connectivity index (χ0n) is 19.6. The summed E-state index contributed by atoms with van der Waals surface area (Å²) in [5.41, 5.74) is 2.69. The Hall–Kier alpha value is -3.89. The van der Waals surface area contributed by atoms with Crippen LogP contribution in [0.2, 0.25) is 0 Å². The second kappa shape index (κ2) is 10.00. The molecule has 2 aromatic heterocycles. The Morgan fingerprint density at radius 3 is 2.44 bits per heavy atom. The largest absolute Gasteiger partial charge is 0.333 e. The van der Waals surface area contributed by atoms with Crippen LogP contribution < -0.4 is 5.14 Å². The predicted molar refractivity (Wildman–Crippen MR) is 134 cm³/mol. The maximum Gasteiger partial charge on any atom is 0.293 e. The van der Waals surface area contributed by atoms with Crippen LogP contribution in [0.25, 0.3) is 5.69 Å². The Kier molecular flexibility index (Phi) is 6.62. The number of sulfonamides is 1. The van der Waals surface area contributed by atoms with E-state index in [-0.39, 0.29) is 22.7 Å². The van der Waals surface area contributed by atoms with E-state index in [0.29, 0.717) is 24.5 Å². The number of aromatic nitrogens is 4. The summed E-state index contributed by atoms with van der Waals surface area (Å²) in [4.78, 5) is 24.2. The molecule has 0 saturated carbocycles. The van der Waals surface area contributed by atoms with E-state index in [1.165, 1.54) is 12.1 Å². The second-order valence-electron chi connectivity index (χ2n) is 8.82. The standard InChI is InChI=1S/C26H26N6O3S/c27-36(34,35)23-12-10-21(11-13-23)32-24(17-19-6-2-1-3-7-19)29-25(30-32)26(33)31-15-5-9-22(31)16-20-8-4-14-28-18-20/h1-4,6-8,10-14,18,22H,5,9,15-17H2,(H2,27,34,35). The number of likely N-dealkylation sites (tertiary alicyclic amines) is 1. The molecule has 3 heterocycles. The minimum atomic E-state index is -3.82. The molecule has 1 aliphatic heterocycles. The van der Waals surface area contributed by atoms with E-state index in [1.54, 1.807) is 23.0 Å². The smallest absolute Gasteiger partial charge is 0.293 e. The highest BCUT2D eigenvalue weighted by Crippen LogP contribution is 2.24. The molecule has 10 heteroatoms. The van der Waals surface area contributed by atoms with Gasteiger partial charge in [-0.15, -0.1) is 5.10 Å². The molecule has 0 radical (unpaired) electrons. The summed E-state index contributed by atoms with van der Waals surface area (Å²) >= 11 is 0. The van der Waals surface area contributed by atoms with Gasteiger partial charge in [0.05, 0.1) is 10.6 Å². The topological polar surface area (TPSA) is 124 Å². The van der Waals surface area contributed by atoms with Crippen LogP contribution in [0.5, 0.6) is 0 Å². The third-order valence-corrected chi connectivity index (χ3v) is 7.24. The molecule has 0 spiro atoms. The predicted octanol–water partition coefficient (Wildman–Crippen LogP) is 2.75. The van der Waals surface area contributed by atoms with Crippen molar-refractivity contribution in [1.29, 1.82) is 0 Å². The van der Waals surface area contributed by atoms with Crippen LogP contribution in [0.1, 0.15) is 40.4 Å². The first-order valence-electron chi connectivity index (χ1n) is 11.7. The Labute approximate surface area is 209 Å². The van der Waals surface area contributed by atoms with Gasteiger partial charge in [-0.25, -0.2) is 23.2 Å². The maximum atomic E-state index is 13.6. The lowest BCUT2D eigenvalue weighted by Crippen LogP contribution is -2.37.